The number of fused-ring (bicyclic) bond motifs is 2. The zero-order valence-corrected chi connectivity index (χ0v) is 20.1. The van der Waals surface area contributed by atoms with Crippen molar-refractivity contribution in [3.8, 4) is 11.4 Å². The largest absolute Gasteiger partial charge is 0.495 e. The number of non-ortho nitro benzene ring substituents is 1. The van der Waals surface area contributed by atoms with E-state index in [9.17, 15) is 14.9 Å². The van der Waals surface area contributed by atoms with Gasteiger partial charge in [0.05, 0.1) is 28.8 Å². The van der Waals surface area contributed by atoms with Crippen molar-refractivity contribution >= 4 is 39.5 Å². The van der Waals surface area contributed by atoms with E-state index in [0.717, 1.165) is 27.8 Å². The molecule has 0 unspecified atom stereocenters. The van der Waals surface area contributed by atoms with Gasteiger partial charge in [0, 0.05) is 29.3 Å². The fraction of sp³-hybridized carbons (Fsp3) is 0.154. The number of benzene rings is 3. The molecule has 0 saturated carbocycles. The molecule has 8 nitrogen and oxygen atoms in total. The minimum Gasteiger partial charge on any atom is -0.495 e. The van der Waals surface area contributed by atoms with Gasteiger partial charge in [0.25, 0.3) is 5.69 Å². The van der Waals surface area contributed by atoms with E-state index in [1.165, 1.54) is 30.0 Å². The van der Waals surface area contributed by atoms with Crippen LogP contribution in [0.2, 0.25) is 0 Å². The molecule has 2 heterocycles. The minimum absolute atomic E-state index is 0.0313. The standard InChI is InChI=1S/C26H21N3O5S/c1-15-8-10-19-17(12-24(30)34-25(19)16(15)2)14-35-26-27-20-13-18(29(31)32)9-11-21(20)28(26)22-6-4-5-7-23(22)33-3/h4-13H,14H2,1-3H3. The third-order valence-corrected chi connectivity index (χ3v) is 7.01. The van der Waals surface area contributed by atoms with Crippen molar-refractivity contribution in [2.24, 2.45) is 0 Å². The first-order valence-corrected chi connectivity index (χ1v) is 11.8. The van der Waals surface area contributed by atoms with Gasteiger partial charge in [-0.1, -0.05) is 36.0 Å². The normalized spacial score (nSPS) is 11.3. The second-order valence-electron chi connectivity index (χ2n) is 8.10. The van der Waals surface area contributed by atoms with Crippen LogP contribution in [-0.4, -0.2) is 21.6 Å². The van der Waals surface area contributed by atoms with Crippen LogP contribution in [-0.2, 0) is 5.75 Å². The second-order valence-corrected chi connectivity index (χ2v) is 9.04. The lowest BCUT2D eigenvalue weighted by Gasteiger charge is -2.13. The Morgan fingerprint density at radius 2 is 1.91 bits per heavy atom. The Kier molecular flexibility index (Phi) is 5.78. The number of hydrogen-bond acceptors (Lipinski definition) is 7. The lowest BCUT2D eigenvalue weighted by Crippen LogP contribution is -2.03. The molecule has 5 rings (SSSR count). The first-order chi connectivity index (χ1) is 16.9. The number of aryl methyl sites for hydroxylation is 2. The van der Waals surface area contributed by atoms with E-state index in [1.807, 2.05) is 54.8 Å². The average Bonchev–Trinajstić information content (AvgIpc) is 3.22. The van der Waals surface area contributed by atoms with Crippen LogP contribution in [0.5, 0.6) is 5.75 Å². The number of ether oxygens (including phenoxy) is 1. The maximum atomic E-state index is 12.3. The molecule has 176 valence electrons. The number of thioether (sulfide) groups is 1. The molecule has 0 saturated heterocycles. The van der Waals surface area contributed by atoms with Gasteiger partial charge in [0.15, 0.2) is 5.16 Å². The number of aromatic nitrogens is 2. The molecule has 0 bridgehead atoms. The van der Waals surface area contributed by atoms with Crippen molar-refractivity contribution in [2.75, 3.05) is 7.11 Å². The highest BCUT2D eigenvalue weighted by molar-refractivity contribution is 7.98. The summed E-state index contributed by atoms with van der Waals surface area (Å²) < 4.78 is 13.0. The Balaban J connectivity index is 1.65. The molecule has 0 aliphatic rings. The van der Waals surface area contributed by atoms with Crippen LogP contribution in [0.4, 0.5) is 5.69 Å². The molecule has 0 atom stereocenters. The number of nitro benzene ring substituents is 1. The molecule has 0 N–H and O–H groups in total. The van der Waals surface area contributed by atoms with E-state index in [0.29, 0.717) is 33.3 Å². The van der Waals surface area contributed by atoms with Crippen LogP contribution >= 0.6 is 11.8 Å². The van der Waals surface area contributed by atoms with Crippen LogP contribution < -0.4 is 10.4 Å². The predicted octanol–water partition coefficient (Wildman–Crippen LogP) is 5.96. The molecule has 0 fully saturated rings. The van der Waals surface area contributed by atoms with E-state index in [2.05, 4.69) is 0 Å². The summed E-state index contributed by atoms with van der Waals surface area (Å²) in [5, 5.41) is 12.8. The summed E-state index contributed by atoms with van der Waals surface area (Å²) in [5.74, 6) is 1.09. The molecule has 0 aliphatic carbocycles. The molecular formula is C26H21N3O5S. The average molecular weight is 488 g/mol. The van der Waals surface area contributed by atoms with Gasteiger partial charge < -0.3 is 9.15 Å². The Hall–Kier alpha value is -4.11. The summed E-state index contributed by atoms with van der Waals surface area (Å²) in [4.78, 5) is 27.9. The summed E-state index contributed by atoms with van der Waals surface area (Å²) >= 11 is 1.43. The third-order valence-electron chi connectivity index (χ3n) is 6.02. The van der Waals surface area contributed by atoms with Gasteiger partial charge in [-0.15, -0.1) is 0 Å². The van der Waals surface area contributed by atoms with Crippen molar-refractivity contribution in [1.29, 1.82) is 0 Å². The van der Waals surface area contributed by atoms with Gasteiger partial charge in [-0.05, 0) is 48.7 Å². The molecular weight excluding hydrogens is 466 g/mol. The number of imidazole rings is 1. The molecule has 9 heteroatoms. The summed E-state index contributed by atoms with van der Waals surface area (Å²) in [6.07, 6.45) is 0. The van der Waals surface area contributed by atoms with Gasteiger partial charge in [-0.3, -0.25) is 14.7 Å². The Labute approximate surface area is 204 Å². The molecule has 5 aromatic rings. The minimum atomic E-state index is -0.436. The maximum absolute atomic E-state index is 12.3. The van der Waals surface area contributed by atoms with Crippen molar-refractivity contribution in [2.45, 2.75) is 24.8 Å². The number of methoxy groups -OCH3 is 1. The number of hydrogen-bond donors (Lipinski definition) is 0. The van der Waals surface area contributed by atoms with E-state index in [4.69, 9.17) is 14.1 Å². The SMILES string of the molecule is COc1ccccc1-n1c(SCc2cc(=O)oc3c(C)c(C)ccc23)nc2cc([N+](=O)[O-])ccc21. The van der Waals surface area contributed by atoms with Crippen molar-refractivity contribution in [3.63, 3.8) is 0 Å². The number of nitro groups is 1. The second kappa shape index (κ2) is 8.92. The highest BCUT2D eigenvalue weighted by Gasteiger charge is 2.19. The molecule has 35 heavy (non-hydrogen) atoms. The Morgan fingerprint density at radius 1 is 1.11 bits per heavy atom. The maximum Gasteiger partial charge on any atom is 0.336 e. The lowest BCUT2D eigenvalue weighted by molar-refractivity contribution is -0.384. The van der Waals surface area contributed by atoms with Crippen molar-refractivity contribution < 1.29 is 14.1 Å². The van der Waals surface area contributed by atoms with E-state index in [1.54, 1.807) is 13.2 Å². The van der Waals surface area contributed by atoms with Gasteiger partial charge in [0.2, 0.25) is 0 Å². The highest BCUT2D eigenvalue weighted by atomic mass is 32.2. The summed E-state index contributed by atoms with van der Waals surface area (Å²) in [6, 6.07) is 17.6. The van der Waals surface area contributed by atoms with Gasteiger partial charge >= 0.3 is 5.63 Å². The fourth-order valence-corrected chi connectivity index (χ4v) is 5.10. The number of para-hydroxylation sites is 2. The van der Waals surface area contributed by atoms with Crippen LogP contribution in [0, 0.1) is 24.0 Å². The van der Waals surface area contributed by atoms with E-state index < -0.39 is 10.5 Å². The molecule has 0 aliphatic heterocycles. The lowest BCUT2D eigenvalue weighted by atomic mass is 10.0. The zero-order valence-electron chi connectivity index (χ0n) is 19.3. The fourth-order valence-electron chi connectivity index (χ4n) is 4.09. The van der Waals surface area contributed by atoms with Gasteiger partial charge in [-0.2, -0.15) is 0 Å². The summed E-state index contributed by atoms with van der Waals surface area (Å²) in [5.41, 5.74) is 4.92. The molecule has 0 amide bonds. The highest BCUT2D eigenvalue weighted by Crippen LogP contribution is 2.36. The first-order valence-electron chi connectivity index (χ1n) is 10.8. The van der Waals surface area contributed by atoms with E-state index >= 15 is 0 Å². The summed E-state index contributed by atoms with van der Waals surface area (Å²) in [7, 11) is 1.59. The zero-order chi connectivity index (χ0) is 24.7. The Bertz CT molecular complexity index is 1670. The smallest absolute Gasteiger partial charge is 0.336 e. The molecule has 3 aromatic carbocycles. The molecule has 0 spiro atoms. The summed E-state index contributed by atoms with van der Waals surface area (Å²) in [6.45, 7) is 3.91. The molecule has 2 aromatic heterocycles. The van der Waals surface area contributed by atoms with Crippen LogP contribution in [0.3, 0.4) is 0 Å². The van der Waals surface area contributed by atoms with Crippen molar-refractivity contribution in [1.82, 2.24) is 9.55 Å². The van der Waals surface area contributed by atoms with E-state index in [-0.39, 0.29) is 5.69 Å². The van der Waals surface area contributed by atoms with Crippen LogP contribution in [0.1, 0.15) is 16.7 Å². The van der Waals surface area contributed by atoms with Crippen LogP contribution in [0.15, 0.2) is 75.0 Å². The van der Waals surface area contributed by atoms with Gasteiger partial charge in [-0.25, -0.2) is 9.78 Å². The quantitative estimate of drug-likeness (QED) is 0.126. The number of nitrogens with zero attached hydrogens (tertiary/aromatic N) is 3. The Morgan fingerprint density at radius 3 is 2.69 bits per heavy atom. The van der Waals surface area contributed by atoms with Gasteiger partial charge in [0.1, 0.15) is 11.3 Å². The number of rotatable bonds is 6. The third kappa shape index (κ3) is 4.04. The predicted molar refractivity (Wildman–Crippen MR) is 136 cm³/mol. The van der Waals surface area contributed by atoms with Crippen LogP contribution in [0.25, 0.3) is 27.7 Å². The molecule has 0 radical (unpaired) electrons. The topological polar surface area (TPSA) is 100 Å². The van der Waals surface area contributed by atoms with Crippen molar-refractivity contribution in [3.05, 3.63) is 97.9 Å². The monoisotopic (exact) mass is 487 g/mol. The first kappa shape index (κ1) is 22.7.